The molecular weight excluding hydrogens is 342 g/mol. The Hall–Kier alpha value is -2.93. The number of rotatable bonds is 7. The summed E-state index contributed by atoms with van der Waals surface area (Å²) in [5, 5.41) is 2.88. The Bertz CT molecular complexity index is 762. The Morgan fingerprint density at radius 2 is 1.70 bits per heavy atom. The number of urea groups is 1. The predicted octanol–water partition coefficient (Wildman–Crippen LogP) is 2.38. The number of amides is 3. The van der Waals surface area contributed by atoms with Gasteiger partial charge in [-0.1, -0.05) is 30.3 Å². The topological polar surface area (TPSA) is 68.8 Å². The van der Waals surface area contributed by atoms with Gasteiger partial charge in [0.15, 0.2) is 0 Å². The molecule has 0 radical (unpaired) electrons. The first-order chi connectivity index (χ1) is 12.9. The number of likely N-dealkylation sites (N-methyl/N-ethyl adjacent to an activating group) is 1. The van der Waals surface area contributed by atoms with Crippen molar-refractivity contribution in [3.63, 3.8) is 0 Å². The summed E-state index contributed by atoms with van der Waals surface area (Å²) >= 11 is 0. The van der Waals surface area contributed by atoms with E-state index < -0.39 is 0 Å². The van der Waals surface area contributed by atoms with Crippen LogP contribution in [-0.2, 0) is 6.54 Å². The van der Waals surface area contributed by atoms with Crippen LogP contribution in [0.4, 0.5) is 10.5 Å². The number of carbonyl (C=O) groups excluding carboxylic acids is 2. The van der Waals surface area contributed by atoms with Crippen LogP contribution in [0, 0.1) is 0 Å². The van der Waals surface area contributed by atoms with Crippen molar-refractivity contribution < 1.29 is 9.59 Å². The molecule has 7 heteroatoms. The second-order valence-corrected chi connectivity index (χ2v) is 6.77. The average molecular weight is 369 g/mol. The molecule has 0 unspecified atom stereocenters. The van der Waals surface area contributed by atoms with Crippen LogP contribution in [0.5, 0.6) is 0 Å². The largest absolute Gasteiger partial charge is 0.343 e. The van der Waals surface area contributed by atoms with E-state index in [2.05, 4.69) is 10.3 Å². The van der Waals surface area contributed by atoms with E-state index in [-0.39, 0.29) is 11.9 Å². The Labute approximate surface area is 160 Å². The van der Waals surface area contributed by atoms with Crippen molar-refractivity contribution in [1.29, 1.82) is 0 Å². The number of anilines is 1. The van der Waals surface area contributed by atoms with Gasteiger partial charge in [-0.05, 0) is 31.8 Å². The van der Waals surface area contributed by atoms with Crippen LogP contribution in [-0.4, -0.2) is 72.9 Å². The number of nitrogens with zero attached hydrogens (tertiary/aromatic N) is 4. The average Bonchev–Trinajstić information content (AvgIpc) is 2.65. The van der Waals surface area contributed by atoms with Crippen LogP contribution in [0.1, 0.15) is 16.1 Å². The van der Waals surface area contributed by atoms with Gasteiger partial charge in [-0.2, -0.15) is 0 Å². The fraction of sp³-hybridized carbons (Fsp3) is 0.350. The molecule has 27 heavy (non-hydrogen) atoms. The molecule has 0 aliphatic rings. The number of hydrogen-bond acceptors (Lipinski definition) is 4. The molecule has 0 spiro atoms. The molecule has 0 aliphatic heterocycles. The highest BCUT2D eigenvalue weighted by molar-refractivity contribution is 5.95. The number of nitrogens with one attached hydrogen (secondary N) is 1. The summed E-state index contributed by atoms with van der Waals surface area (Å²) in [6.07, 6.45) is 1.52. The van der Waals surface area contributed by atoms with Gasteiger partial charge >= 0.3 is 6.03 Å². The van der Waals surface area contributed by atoms with Crippen molar-refractivity contribution in [2.75, 3.05) is 46.6 Å². The second kappa shape index (κ2) is 9.68. The zero-order valence-corrected chi connectivity index (χ0v) is 16.3. The van der Waals surface area contributed by atoms with Crippen molar-refractivity contribution >= 4 is 17.6 Å². The van der Waals surface area contributed by atoms with Gasteiger partial charge in [0.1, 0.15) is 5.69 Å². The molecule has 2 aromatic rings. The second-order valence-electron chi connectivity index (χ2n) is 6.77. The highest BCUT2D eigenvalue weighted by atomic mass is 16.2. The van der Waals surface area contributed by atoms with Crippen molar-refractivity contribution in [2.45, 2.75) is 6.54 Å². The minimum absolute atomic E-state index is 0.208. The number of carbonyl (C=O) groups is 2. The minimum Gasteiger partial charge on any atom is -0.343 e. The zero-order valence-electron chi connectivity index (χ0n) is 16.3. The van der Waals surface area contributed by atoms with Gasteiger partial charge in [0.25, 0.3) is 5.91 Å². The molecule has 0 aliphatic carbocycles. The molecule has 7 nitrogen and oxygen atoms in total. The van der Waals surface area contributed by atoms with Crippen LogP contribution in [0.2, 0.25) is 0 Å². The van der Waals surface area contributed by atoms with Crippen LogP contribution in [0.25, 0.3) is 0 Å². The van der Waals surface area contributed by atoms with E-state index in [4.69, 9.17) is 0 Å². The van der Waals surface area contributed by atoms with Gasteiger partial charge in [0, 0.05) is 45.6 Å². The normalized spacial score (nSPS) is 10.6. The summed E-state index contributed by atoms with van der Waals surface area (Å²) in [6, 6.07) is 12.9. The Morgan fingerprint density at radius 1 is 1.00 bits per heavy atom. The highest BCUT2D eigenvalue weighted by Crippen LogP contribution is 2.12. The van der Waals surface area contributed by atoms with E-state index in [1.807, 2.05) is 49.3 Å². The fourth-order valence-electron chi connectivity index (χ4n) is 2.43. The molecule has 144 valence electrons. The van der Waals surface area contributed by atoms with Crippen LogP contribution >= 0.6 is 0 Å². The van der Waals surface area contributed by atoms with Gasteiger partial charge in [0.2, 0.25) is 0 Å². The van der Waals surface area contributed by atoms with Crippen molar-refractivity contribution in [2.24, 2.45) is 0 Å². The lowest BCUT2D eigenvalue weighted by atomic mass is 10.2. The summed E-state index contributed by atoms with van der Waals surface area (Å²) in [7, 11) is 7.28. The predicted molar refractivity (Wildman–Crippen MR) is 107 cm³/mol. The third-order valence-corrected chi connectivity index (χ3v) is 3.96. The lowest BCUT2D eigenvalue weighted by molar-refractivity contribution is 0.0822. The fourth-order valence-corrected chi connectivity index (χ4v) is 2.43. The Balaban J connectivity index is 2.12. The molecule has 1 aromatic heterocycles. The molecule has 1 aromatic carbocycles. The number of hydrogen-bond donors (Lipinski definition) is 1. The molecule has 3 amide bonds. The molecular formula is C20H27N5O2. The monoisotopic (exact) mass is 369 g/mol. The molecule has 0 fully saturated rings. The number of pyridine rings is 1. The van der Waals surface area contributed by atoms with Crippen LogP contribution in [0.15, 0.2) is 48.7 Å². The summed E-state index contributed by atoms with van der Waals surface area (Å²) < 4.78 is 0. The quantitative estimate of drug-likeness (QED) is 0.814. The first-order valence-electron chi connectivity index (χ1n) is 8.79. The van der Waals surface area contributed by atoms with Crippen molar-refractivity contribution in [3.05, 3.63) is 59.9 Å². The third-order valence-electron chi connectivity index (χ3n) is 3.96. The molecule has 0 bridgehead atoms. The first kappa shape index (κ1) is 20.4. The first-order valence-corrected chi connectivity index (χ1v) is 8.79. The van der Waals surface area contributed by atoms with Crippen molar-refractivity contribution in [3.8, 4) is 0 Å². The lowest BCUT2D eigenvalue weighted by Gasteiger charge is -2.25. The van der Waals surface area contributed by atoms with E-state index in [1.54, 1.807) is 31.1 Å². The van der Waals surface area contributed by atoms with Crippen LogP contribution < -0.4 is 5.32 Å². The maximum atomic E-state index is 12.8. The summed E-state index contributed by atoms with van der Waals surface area (Å²) in [5.41, 5.74) is 1.90. The summed E-state index contributed by atoms with van der Waals surface area (Å²) in [4.78, 5) is 34.2. The van der Waals surface area contributed by atoms with E-state index >= 15 is 0 Å². The molecule has 0 atom stereocenters. The molecule has 0 saturated heterocycles. The molecule has 1 heterocycles. The highest BCUT2D eigenvalue weighted by Gasteiger charge is 2.16. The smallest absolute Gasteiger partial charge is 0.322 e. The van der Waals surface area contributed by atoms with Gasteiger partial charge < -0.3 is 20.0 Å². The third kappa shape index (κ3) is 6.38. The van der Waals surface area contributed by atoms with E-state index in [9.17, 15) is 9.59 Å². The van der Waals surface area contributed by atoms with Gasteiger partial charge in [-0.25, -0.2) is 4.79 Å². The molecule has 2 rings (SSSR count). The minimum atomic E-state index is -0.213. The number of aromatic nitrogens is 1. The van der Waals surface area contributed by atoms with E-state index in [1.165, 1.54) is 11.1 Å². The van der Waals surface area contributed by atoms with Gasteiger partial charge in [0.05, 0.1) is 0 Å². The zero-order chi connectivity index (χ0) is 19.8. The maximum absolute atomic E-state index is 12.8. The SMILES string of the molecule is CN(C)CCN(Cc1ccccc1)C(=O)Nc1ccnc(C(=O)N(C)C)c1. The summed E-state index contributed by atoms with van der Waals surface area (Å²) in [6.45, 7) is 1.85. The molecule has 0 saturated carbocycles. The lowest BCUT2D eigenvalue weighted by Crippen LogP contribution is -2.39. The Kier molecular flexibility index (Phi) is 7.31. The molecule has 1 N–H and O–H groups in total. The van der Waals surface area contributed by atoms with Gasteiger partial charge in [-0.15, -0.1) is 0 Å². The standard InChI is InChI=1S/C20H27N5O2/c1-23(2)12-13-25(15-16-8-6-5-7-9-16)20(27)22-17-10-11-21-18(14-17)19(26)24(3)4/h5-11,14H,12-13,15H2,1-4H3,(H,21,22,27). The maximum Gasteiger partial charge on any atom is 0.322 e. The summed E-state index contributed by atoms with van der Waals surface area (Å²) in [5.74, 6) is -0.208. The Morgan fingerprint density at radius 3 is 2.33 bits per heavy atom. The van der Waals surface area contributed by atoms with E-state index in [0.29, 0.717) is 24.5 Å². The number of benzene rings is 1. The van der Waals surface area contributed by atoms with Crippen molar-refractivity contribution in [1.82, 2.24) is 19.7 Å². The van der Waals surface area contributed by atoms with Gasteiger partial charge in [-0.3, -0.25) is 9.78 Å². The van der Waals surface area contributed by atoms with Crippen LogP contribution in [0.3, 0.4) is 0 Å². The van der Waals surface area contributed by atoms with E-state index in [0.717, 1.165) is 12.1 Å².